The van der Waals surface area contributed by atoms with Crippen molar-refractivity contribution in [1.29, 1.82) is 0 Å². The number of rotatable bonds is 3. The smallest absolute Gasteiger partial charge is 0.273 e. The van der Waals surface area contributed by atoms with Crippen molar-refractivity contribution in [2.75, 3.05) is 0 Å². The summed E-state index contributed by atoms with van der Waals surface area (Å²) in [6, 6.07) is 4.88. The molecule has 1 aromatic carbocycles. The van der Waals surface area contributed by atoms with Crippen LogP contribution >= 0.6 is 0 Å². The van der Waals surface area contributed by atoms with Crippen LogP contribution in [0.5, 0.6) is 0 Å². The van der Waals surface area contributed by atoms with E-state index in [0.29, 0.717) is 11.8 Å². The van der Waals surface area contributed by atoms with Gasteiger partial charge in [-0.25, -0.2) is 0 Å². The van der Waals surface area contributed by atoms with Crippen molar-refractivity contribution in [3.05, 3.63) is 39.4 Å². The van der Waals surface area contributed by atoms with Gasteiger partial charge in [0.2, 0.25) is 0 Å². The van der Waals surface area contributed by atoms with E-state index in [0.717, 1.165) is 5.56 Å². The number of benzene rings is 1. The summed E-state index contributed by atoms with van der Waals surface area (Å²) in [6.45, 7) is 3.42. The van der Waals surface area contributed by atoms with Crippen LogP contribution < -0.4 is 0 Å². The van der Waals surface area contributed by atoms with Crippen LogP contribution in [0.1, 0.15) is 24.0 Å². The number of aryl methyl sites for hydroxylation is 1. The molecule has 1 unspecified atom stereocenters. The Hall–Kier alpha value is -1.71. The molecule has 74 valence electrons. The predicted octanol–water partition coefficient (Wildman–Crippen LogP) is 2.21. The highest BCUT2D eigenvalue weighted by molar-refractivity contribution is 5.65. The maximum Gasteiger partial charge on any atom is 0.273 e. The van der Waals surface area contributed by atoms with Gasteiger partial charge in [-0.3, -0.25) is 10.1 Å². The Morgan fingerprint density at radius 1 is 1.50 bits per heavy atom. The number of nitro benzene ring substituents is 1. The third-order valence-electron chi connectivity index (χ3n) is 2.08. The van der Waals surface area contributed by atoms with E-state index in [1.54, 1.807) is 26.0 Å². The van der Waals surface area contributed by atoms with Gasteiger partial charge in [-0.05, 0) is 12.5 Å². The quantitative estimate of drug-likeness (QED) is 0.420. The summed E-state index contributed by atoms with van der Waals surface area (Å²) in [5.74, 6) is -0.434. The zero-order valence-electron chi connectivity index (χ0n) is 8.06. The first-order valence-corrected chi connectivity index (χ1v) is 4.26. The number of carbonyl (C=O) groups excluding carboxylic acids is 1. The second-order valence-corrected chi connectivity index (χ2v) is 3.24. The number of carbonyl (C=O) groups is 1. The maximum atomic E-state index is 10.7. The molecule has 0 amide bonds. The molecule has 1 aromatic rings. The Labute approximate surface area is 81.7 Å². The second-order valence-electron chi connectivity index (χ2n) is 3.24. The maximum absolute atomic E-state index is 10.7. The minimum atomic E-state index is -0.456. The van der Waals surface area contributed by atoms with Gasteiger partial charge >= 0.3 is 0 Å². The zero-order chi connectivity index (χ0) is 10.7. The third-order valence-corrected chi connectivity index (χ3v) is 2.08. The molecular weight excluding hydrogens is 182 g/mol. The summed E-state index contributed by atoms with van der Waals surface area (Å²) in [6.07, 6.45) is 0.706. The lowest BCUT2D eigenvalue weighted by Gasteiger charge is -2.05. The summed E-state index contributed by atoms with van der Waals surface area (Å²) in [4.78, 5) is 20.8. The van der Waals surface area contributed by atoms with Gasteiger partial charge in [0.1, 0.15) is 6.29 Å². The van der Waals surface area contributed by atoms with E-state index < -0.39 is 10.8 Å². The minimum absolute atomic E-state index is 0.0181. The highest BCUT2D eigenvalue weighted by atomic mass is 16.6. The molecule has 0 aromatic heterocycles. The second kappa shape index (κ2) is 4.00. The first kappa shape index (κ1) is 10.4. The molecule has 0 saturated carbocycles. The number of nitrogens with zero attached hydrogens (tertiary/aromatic N) is 1. The first-order valence-electron chi connectivity index (χ1n) is 4.26. The summed E-state index contributed by atoms with van der Waals surface area (Å²) in [7, 11) is 0. The molecule has 0 heterocycles. The van der Waals surface area contributed by atoms with Crippen LogP contribution in [0.15, 0.2) is 18.2 Å². The van der Waals surface area contributed by atoms with E-state index in [1.807, 2.05) is 0 Å². The molecule has 0 spiro atoms. The lowest BCUT2D eigenvalue weighted by molar-refractivity contribution is -0.385. The third kappa shape index (κ3) is 1.96. The van der Waals surface area contributed by atoms with Gasteiger partial charge in [-0.2, -0.15) is 0 Å². The number of hydrogen-bond acceptors (Lipinski definition) is 3. The molecule has 0 N–H and O–H groups in total. The van der Waals surface area contributed by atoms with Gasteiger partial charge < -0.3 is 4.79 Å². The molecule has 0 fully saturated rings. The molecular formula is C10H11NO3. The molecule has 0 aliphatic rings. The van der Waals surface area contributed by atoms with Crippen molar-refractivity contribution in [2.24, 2.45) is 0 Å². The zero-order valence-corrected chi connectivity index (χ0v) is 8.06. The van der Waals surface area contributed by atoms with Crippen molar-refractivity contribution in [2.45, 2.75) is 19.8 Å². The Kier molecular flexibility index (Phi) is 2.96. The van der Waals surface area contributed by atoms with Crippen LogP contribution in [-0.4, -0.2) is 11.2 Å². The Balaban J connectivity index is 3.28. The van der Waals surface area contributed by atoms with Crippen molar-refractivity contribution in [1.82, 2.24) is 0 Å². The van der Waals surface area contributed by atoms with E-state index in [-0.39, 0.29) is 5.69 Å². The molecule has 1 rings (SSSR count). The van der Waals surface area contributed by atoms with Gasteiger partial charge in [0.25, 0.3) is 5.69 Å². The molecule has 0 aliphatic carbocycles. The van der Waals surface area contributed by atoms with Crippen molar-refractivity contribution >= 4 is 12.0 Å². The number of aldehydes is 1. The largest absolute Gasteiger partial charge is 0.303 e. The summed E-state index contributed by atoms with van der Waals surface area (Å²) in [5.41, 5.74) is 1.30. The van der Waals surface area contributed by atoms with Crippen LogP contribution in [0, 0.1) is 17.0 Å². The first-order chi connectivity index (χ1) is 6.56. The van der Waals surface area contributed by atoms with E-state index in [4.69, 9.17) is 0 Å². The molecule has 0 saturated heterocycles. The number of nitro groups is 1. The monoisotopic (exact) mass is 193 g/mol. The van der Waals surface area contributed by atoms with E-state index in [2.05, 4.69) is 0 Å². The fourth-order valence-corrected chi connectivity index (χ4v) is 1.27. The van der Waals surface area contributed by atoms with Crippen molar-refractivity contribution in [3.8, 4) is 0 Å². The van der Waals surface area contributed by atoms with E-state index in [1.165, 1.54) is 6.07 Å². The van der Waals surface area contributed by atoms with Crippen molar-refractivity contribution in [3.63, 3.8) is 0 Å². The molecule has 0 bridgehead atoms. The fraction of sp³-hybridized carbons (Fsp3) is 0.300. The molecule has 0 aliphatic heterocycles. The average molecular weight is 193 g/mol. The van der Waals surface area contributed by atoms with E-state index in [9.17, 15) is 14.9 Å². The average Bonchev–Trinajstić information content (AvgIpc) is 2.16. The Bertz CT molecular complexity index is 374. The number of hydrogen-bond donors (Lipinski definition) is 0. The summed E-state index contributed by atoms with van der Waals surface area (Å²) < 4.78 is 0. The predicted molar refractivity (Wildman–Crippen MR) is 52.3 cm³/mol. The van der Waals surface area contributed by atoms with Crippen LogP contribution in [0.4, 0.5) is 5.69 Å². The molecule has 4 nitrogen and oxygen atoms in total. The van der Waals surface area contributed by atoms with Gasteiger partial charge in [0, 0.05) is 17.5 Å². The van der Waals surface area contributed by atoms with Crippen LogP contribution in [0.2, 0.25) is 0 Å². The standard InChI is InChI=1S/C10H11NO3/c1-7-3-4-9(8(2)6-12)10(5-7)11(13)14/h3-6,8H,1-2H3. The Morgan fingerprint density at radius 3 is 2.64 bits per heavy atom. The van der Waals surface area contributed by atoms with Gasteiger partial charge in [-0.1, -0.05) is 19.1 Å². The fourth-order valence-electron chi connectivity index (χ4n) is 1.27. The minimum Gasteiger partial charge on any atom is -0.303 e. The molecule has 4 heteroatoms. The Morgan fingerprint density at radius 2 is 2.14 bits per heavy atom. The van der Waals surface area contributed by atoms with Gasteiger partial charge in [-0.15, -0.1) is 0 Å². The topological polar surface area (TPSA) is 60.2 Å². The van der Waals surface area contributed by atoms with Crippen molar-refractivity contribution < 1.29 is 9.72 Å². The SMILES string of the molecule is Cc1ccc(C(C)C=O)c([N+](=O)[O-])c1. The van der Waals surface area contributed by atoms with Crippen LogP contribution in [0.25, 0.3) is 0 Å². The van der Waals surface area contributed by atoms with Gasteiger partial charge in [0.05, 0.1) is 4.92 Å². The highest BCUT2D eigenvalue weighted by Gasteiger charge is 2.18. The van der Waals surface area contributed by atoms with E-state index >= 15 is 0 Å². The van der Waals surface area contributed by atoms with Crippen LogP contribution in [0.3, 0.4) is 0 Å². The normalized spacial score (nSPS) is 12.1. The van der Waals surface area contributed by atoms with Gasteiger partial charge in [0.15, 0.2) is 0 Å². The summed E-state index contributed by atoms with van der Waals surface area (Å²) in [5, 5.41) is 10.7. The molecule has 0 radical (unpaired) electrons. The summed E-state index contributed by atoms with van der Waals surface area (Å²) >= 11 is 0. The molecule has 14 heavy (non-hydrogen) atoms. The lowest BCUT2D eigenvalue weighted by Crippen LogP contribution is -2.01. The van der Waals surface area contributed by atoms with Crippen LogP contribution in [-0.2, 0) is 4.79 Å². The highest BCUT2D eigenvalue weighted by Crippen LogP contribution is 2.26. The lowest BCUT2D eigenvalue weighted by atomic mass is 9.99. The molecule has 1 atom stereocenters.